The number of carbonyl (C=O) groups excluding carboxylic acids is 6. The molecule has 0 radical (unpaired) electrons. The van der Waals surface area contributed by atoms with E-state index in [0.717, 1.165) is 0 Å². The Morgan fingerprint density at radius 1 is 0.448 bits per heavy atom. The van der Waals surface area contributed by atoms with Gasteiger partial charge >= 0.3 is 17.9 Å². The van der Waals surface area contributed by atoms with Crippen molar-refractivity contribution in [1.29, 1.82) is 0 Å². The number of hydrogen-bond donors (Lipinski definition) is 3. The van der Waals surface area contributed by atoms with Crippen molar-refractivity contribution in [3.05, 3.63) is 213 Å². The monoisotopic (exact) mass is 1470 g/mol. The zero-order valence-electron chi connectivity index (χ0n) is 55.8. The first kappa shape index (κ1) is 81.1. The number of ketones is 3. The lowest BCUT2D eigenvalue weighted by atomic mass is 9.90. The molecule has 7 rings (SSSR count). The number of hydrogen-bond acceptors (Lipinski definition) is 15. The van der Waals surface area contributed by atoms with Gasteiger partial charge in [0.15, 0.2) is 0 Å². The van der Waals surface area contributed by atoms with Crippen molar-refractivity contribution in [1.82, 2.24) is 15.0 Å². The van der Waals surface area contributed by atoms with Gasteiger partial charge in [0.25, 0.3) is 0 Å². The molecule has 96 heavy (non-hydrogen) atoms. The summed E-state index contributed by atoms with van der Waals surface area (Å²) >= 11 is 27.2. The van der Waals surface area contributed by atoms with E-state index in [0.29, 0.717) is 52.1 Å². The quantitative estimate of drug-likeness (QED) is 0.0278. The van der Waals surface area contributed by atoms with Gasteiger partial charge in [-0.1, -0.05) is 98.4 Å². The summed E-state index contributed by atoms with van der Waals surface area (Å²) in [5, 5.41) is 0.372. The average Bonchev–Trinajstić information content (AvgIpc) is 0.814. The van der Waals surface area contributed by atoms with Gasteiger partial charge < -0.3 is 31.4 Å². The third kappa shape index (κ3) is 24.3. The zero-order valence-corrected chi connectivity index (χ0v) is 60.4. The van der Waals surface area contributed by atoms with Gasteiger partial charge in [0, 0.05) is 27.3 Å². The van der Waals surface area contributed by atoms with Crippen molar-refractivity contribution in [2.75, 3.05) is 11.5 Å². The maximum absolute atomic E-state index is 15.3. The van der Waals surface area contributed by atoms with E-state index < -0.39 is 81.4 Å². The lowest BCUT2D eigenvalue weighted by Gasteiger charge is -2.22. The molecule has 0 aliphatic carbocycles. The molecule has 3 heterocycles. The largest absolute Gasteiger partial charge is 0.460 e. The number of esters is 3. The Morgan fingerprint density at radius 3 is 1.05 bits per heavy atom. The highest BCUT2D eigenvalue weighted by atomic mass is 79.9. The Hall–Kier alpha value is -7.33. The van der Waals surface area contributed by atoms with Gasteiger partial charge in [-0.15, -0.1) is 0 Å². The maximum atomic E-state index is 15.3. The minimum Gasteiger partial charge on any atom is -0.460 e. The SMILES string of the molecule is CC[C@@H](CC(=O)OC(C)(C)C)c1ccc(Cl)c(C(=O)c2ccc(Br)cn2)c1F.CC[C@@H](CC(=O)OC(C)(C)C)c1ccc(Cl)c(C(=O)c2ccc(N)cn2)c1F.CC[C@@H](CC(=O)OC(C)(C)C)c1ccc(Cl)cc1F.CC[C@@H](N)c1ccc(Cl)c(C(=O)c2ccc(N)cn2)c1F. The fraction of sp³-hybridized carbons (Fsp3) is 0.375. The molecule has 0 saturated carbocycles. The van der Waals surface area contributed by atoms with Gasteiger partial charge in [-0.2, -0.15) is 0 Å². The van der Waals surface area contributed by atoms with Crippen LogP contribution in [0.25, 0.3) is 0 Å². The van der Waals surface area contributed by atoms with Crippen LogP contribution in [0.3, 0.4) is 0 Å². The van der Waals surface area contributed by atoms with Crippen molar-refractivity contribution in [2.24, 2.45) is 5.73 Å². The molecule has 4 atom stereocenters. The zero-order chi connectivity index (χ0) is 72.3. The summed E-state index contributed by atoms with van der Waals surface area (Å²) in [6.07, 6.45) is 6.50. The number of ether oxygens (including phenoxy) is 3. The van der Waals surface area contributed by atoms with Crippen molar-refractivity contribution >= 4 is 109 Å². The summed E-state index contributed by atoms with van der Waals surface area (Å²) in [7, 11) is 0. The Morgan fingerprint density at radius 2 is 0.760 bits per heavy atom. The number of nitrogens with zero attached hydrogens (tertiary/aromatic N) is 3. The lowest BCUT2D eigenvalue weighted by molar-refractivity contribution is -0.156. The Bertz CT molecular complexity index is 3720. The molecule has 0 aliphatic heterocycles. The summed E-state index contributed by atoms with van der Waals surface area (Å²) in [5.41, 5.74) is 16.7. The molecule has 7 aromatic rings. The smallest absolute Gasteiger partial charge is 0.306 e. The van der Waals surface area contributed by atoms with E-state index in [4.69, 9.17) is 77.8 Å². The lowest BCUT2D eigenvalue weighted by Crippen LogP contribution is -2.25. The number of carbonyl (C=O) groups is 6. The van der Waals surface area contributed by atoms with Crippen LogP contribution in [-0.4, -0.2) is 67.0 Å². The minimum absolute atomic E-state index is 0.0000728. The van der Waals surface area contributed by atoms with E-state index in [2.05, 4.69) is 30.9 Å². The number of aromatic nitrogens is 3. The summed E-state index contributed by atoms with van der Waals surface area (Å²) < 4.78 is 75.6. The van der Waals surface area contributed by atoms with Crippen LogP contribution in [0.1, 0.15) is 229 Å². The second-order valence-corrected chi connectivity index (χ2v) is 27.7. The second-order valence-electron chi connectivity index (χ2n) is 25.1. The van der Waals surface area contributed by atoms with E-state index in [9.17, 15) is 37.5 Å². The fourth-order valence-electron chi connectivity index (χ4n) is 9.45. The third-order valence-electron chi connectivity index (χ3n) is 14.1. The van der Waals surface area contributed by atoms with E-state index in [-0.39, 0.29) is 102 Å². The van der Waals surface area contributed by atoms with Gasteiger partial charge in [0.2, 0.25) is 17.3 Å². The topological polar surface area (TPSA) is 247 Å². The van der Waals surface area contributed by atoms with Crippen LogP contribution in [0.4, 0.5) is 28.9 Å². The predicted octanol–water partition coefficient (Wildman–Crippen LogP) is 18.8. The van der Waals surface area contributed by atoms with Crippen molar-refractivity contribution < 1.29 is 60.5 Å². The third-order valence-corrected chi connectivity index (χ3v) is 15.8. The van der Waals surface area contributed by atoms with Gasteiger partial charge in [-0.3, -0.25) is 43.7 Å². The Labute approximate surface area is 587 Å². The number of nitrogen functional groups attached to an aromatic ring is 2. The Kier molecular flexibility index (Phi) is 30.7. The molecule has 0 spiro atoms. The summed E-state index contributed by atoms with van der Waals surface area (Å²) in [5.74, 6) is -6.61. The summed E-state index contributed by atoms with van der Waals surface area (Å²) in [6, 6.07) is 22.0. The number of rotatable bonds is 20. The maximum Gasteiger partial charge on any atom is 0.306 e. The van der Waals surface area contributed by atoms with Gasteiger partial charge in [0.1, 0.15) is 57.2 Å². The molecule has 0 bridgehead atoms. The van der Waals surface area contributed by atoms with Crippen molar-refractivity contribution in [3.63, 3.8) is 0 Å². The minimum atomic E-state index is -0.744. The number of pyridine rings is 3. The van der Waals surface area contributed by atoms with Crippen LogP contribution in [0.15, 0.2) is 114 Å². The normalized spacial score (nSPS) is 12.6. The van der Waals surface area contributed by atoms with E-state index >= 15 is 8.78 Å². The predicted molar refractivity (Wildman–Crippen MR) is 373 cm³/mol. The number of anilines is 2. The molecule has 0 unspecified atom stereocenters. The first-order valence-corrected chi connectivity index (χ1v) is 33.0. The molecule has 0 fully saturated rings. The standard InChI is InChI=1S/C21H22BrClFNO3.C21H24ClFN2O3.C15H15ClFN3O.C15H20ClFO2/c1-5-12(10-17(26)28-21(2,3)4)14-7-8-15(23)18(19(14)24)20(27)16-9-6-13(22)11-25-16;1-5-12(10-17(26)28-21(2,3)4)14-7-8-15(22)18(19(14)23)20(27)16-9-6-13(24)11-25-16;1-2-11(19)9-4-5-10(16)13(14(9)17)15(21)12-6-3-8(18)7-20-12;1-5-10(8-14(18)19-15(2,3)4)12-7-6-11(16)9-13(12)17/h6-9,11-12H,5,10H2,1-4H3;6-9,11-12H,5,10,24H2,1-4H3;3-7,11H,2,18-19H2,1H3;6-7,9-10H,5,8H2,1-4H3/t2*12-;11-;10-/m0010/s1. The van der Waals surface area contributed by atoms with Crippen molar-refractivity contribution in [3.8, 4) is 0 Å². The molecule has 24 heteroatoms. The number of nitrogens with two attached hydrogens (primary N) is 3. The molecule has 4 aromatic carbocycles. The molecule has 6 N–H and O–H groups in total. The van der Waals surface area contributed by atoms with Crippen LogP contribution in [0.5, 0.6) is 0 Å². The first-order chi connectivity index (χ1) is 44.7. The van der Waals surface area contributed by atoms with Gasteiger partial charge in [-0.25, -0.2) is 17.6 Å². The molecule has 15 nitrogen and oxygen atoms in total. The molecular weight excluding hydrogens is 1390 g/mol. The van der Waals surface area contributed by atoms with Crippen LogP contribution in [0, 0.1) is 23.3 Å². The van der Waals surface area contributed by atoms with E-state index in [1.807, 2.05) is 48.5 Å². The van der Waals surface area contributed by atoms with Crippen LogP contribution >= 0.6 is 62.3 Å². The number of halogens is 9. The highest BCUT2D eigenvalue weighted by Gasteiger charge is 2.31. The molecule has 0 amide bonds. The molecular formula is C72H81BrCl4F4N6O9. The van der Waals surface area contributed by atoms with E-state index in [1.54, 1.807) is 59.7 Å². The summed E-state index contributed by atoms with van der Waals surface area (Å²) in [4.78, 5) is 86.0. The number of benzene rings is 4. The highest BCUT2D eigenvalue weighted by Crippen LogP contribution is 2.36. The molecule has 0 aliphatic rings. The van der Waals surface area contributed by atoms with E-state index in [1.165, 1.54) is 91.4 Å². The Balaban J connectivity index is 0.000000276. The highest BCUT2D eigenvalue weighted by molar-refractivity contribution is 9.10. The van der Waals surface area contributed by atoms with Gasteiger partial charge in [-0.05, 0) is 205 Å². The first-order valence-electron chi connectivity index (χ1n) is 30.7. The summed E-state index contributed by atoms with van der Waals surface area (Å²) in [6.45, 7) is 23.5. The molecule has 3 aromatic heterocycles. The molecule has 0 saturated heterocycles. The van der Waals surface area contributed by atoms with Crippen LogP contribution < -0.4 is 17.2 Å². The van der Waals surface area contributed by atoms with Crippen LogP contribution in [-0.2, 0) is 28.6 Å². The second kappa shape index (κ2) is 36.3. The van der Waals surface area contributed by atoms with Crippen LogP contribution in [0.2, 0.25) is 20.1 Å². The van der Waals surface area contributed by atoms with Gasteiger partial charge in [0.05, 0.1) is 74.8 Å². The fourth-order valence-corrected chi connectivity index (χ4v) is 10.5. The average molecular weight is 1470 g/mol. The molecule has 516 valence electrons. The van der Waals surface area contributed by atoms with Crippen molar-refractivity contribution in [2.45, 2.75) is 176 Å².